The third kappa shape index (κ3) is 3.98. The molecule has 0 saturated heterocycles. The number of nitrogens with zero attached hydrogens (tertiary/aromatic N) is 3. The van der Waals surface area contributed by atoms with Gasteiger partial charge < -0.3 is 15.4 Å². The van der Waals surface area contributed by atoms with Crippen LogP contribution in [-0.2, 0) is 0 Å². The summed E-state index contributed by atoms with van der Waals surface area (Å²) in [5.41, 5.74) is 3.84. The van der Waals surface area contributed by atoms with Crippen molar-refractivity contribution in [2.45, 2.75) is 0 Å². The molecular formula is C18H19N5O. The summed E-state index contributed by atoms with van der Waals surface area (Å²) >= 11 is 0. The molecule has 0 saturated carbocycles. The Balaban J connectivity index is 1.63. The average Bonchev–Trinajstić information content (AvgIpc) is 2.66. The van der Waals surface area contributed by atoms with E-state index in [1.807, 2.05) is 36.4 Å². The minimum Gasteiger partial charge on any atom is -0.481 e. The lowest BCUT2D eigenvalue weighted by Gasteiger charge is -2.12. The zero-order valence-corrected chi connectivity index (χ0v) is 13.4. The first-order valence-electron chi connectivity index (χ1n) is 7.70. The molecule has 0 aromatic carbocycles. The molecule has 0 fully saturated rings. The maximum absolute atomic E-state index is 5.10. The minimum absolute atomic E-state index is 0.589. The highest BCUT2D eigenvalue weighted by atomic mass is 16.5. The van der Waals surface area contributed by atoms with Crippen molar-refractivity contribution >= 4 is 11.4 Å². The molecule has 3 rings (SSSR count). The highest BCUT2D eigenvalue weighted by Gasteiger charge is 2.06. The fourth-order valence-electron chi connectivity index (χ4n) is 2.29. The summed E-state index contributed by atoms with van der Waals surface area (Å²) in [5.74, 6) is 0.589. The number of hydrogen-bond donors (Lipinski definition) is 2. The Morgan fingerprint density at radius 2 is 1.75 bits per heavy atom. The van der Waals surface area contributed by atoms with Gasteiger partial charge in [-0.05, 0) is 30.3 Å². The van der Waals surface area contributed by atoms with Crippen LogP contribution in [-0.4, -0.2) is 35.2 Å². The number of pyridine rings is 3. The van der Waals surface area contributed by atoms with E-state index in [0.717, 1.165) is 35.7 Å². The Kier molecular flexibility index (Phi) is 5.19. The van der Waals surface area contributed by atoms with E-state index in [1.54, 1.807) is 31.9 Å². The van der Waals surface area contributed by atoms with Gasteiger partial charge in [-0.25, -0.2) is 4.98 Å². The summed E-state index contributed by atoms with van der Waals surface area (Å²) in [7, 11) is 1.60. The second-order valence-corrected chi connectivity index (χ2v) is 5.08. The van der Waals surface area contributed by atoms with Gasteiger partial charge in [0.2, 0.25) is 5.88 Å². The largest absolute Gasteiger partial charge is 0.481 e. The predicted octanol–water partition coefficient (Wildman–Crippen LogP) is 3.07. The van der Waals surface area contributed by atoms with Crippen LogP contribution in [0.3, 0.4) is 0 Å². The molecule has 3 heterocycles. The number of methoxy groups -OCH3 is 1. The summed E-state index contributed by atoms with van der Waals surface area (Å²) in [5, 5.41) is 6.75. The van der Waals surface area contributed by atoms with E-state index >= 15 is 0 Å². The first-order valence-corrected chi connectivity index (χ1v) is 7.70. The van der Waals surface area contributed by atoms with Crippen LogP contribution in [0.25, 0.3) is 11.3 Å². The highest BCUT2D eigenvalue weighted by Crippen LogP contribution is 2.25. The van der Waals surface area contributed by atoms with Crippen molar-refractivity contribution in [1.29, 1.82) is 0 Å². The van der Waals surface area contributed by atoms with E-state index in [2.05, 4.69) is 25.6 Å². The molecule has 3 aromatic rings. The number of rotatable bonds is 7. The van der Waals surface area contributed by atoms with Crippen molar-refractivity contribution in [3.8, 4) is 17.1 Å². The van der Waals surface area contributed by atoms with E-state index in [-0.39, 0.29) is 0 Å². The zero-order valence-electron chi connectivity index (χ0n) is 13.4. The smallest absolute Gasteiger partial charge is 0.212 e. The van der Waals surface area contributed by atoms with Gasteiger partial charge in [-0.3, -0.25) is 9.97 Å². The molecular weight excluding hydrogens is 302 g/mol. The predicted molar refractivity (Wildman–Crippen MR) is 95.2 cm³/mol. The molecule has 0 amide bonds. The molecule has 6 nitrogen and oxygen atoms in total. The first-order chi connectivity index (χ1) is 11.9. The maximum Gasteiger partial charge on any atom is 0.212 e. The molecule has 0 atom stereocenters. The molecule has 2 N–H and O–H groups in total. The second kappa shape index (κ2) is 7.92. The standard InChI is InChI=1S/C18H19N5O/c1-24-17-5-4-14(13-23-17)18-16(3-2-8-22-18)21-12-11-20-15-6-9-19-10-7-15/h2-10,13,21H,11-12H2,1H3,(H,19,20). The summed E-state index contributed by atoms with van der Waals surface area (Å²) in [6.45, 7) is 1.56. The van der Waals surface area contributed by atoms with Gasteiger partial charge >= 0.3 is 0 Å². The number of ether oxygens (including phenoxy) is 1. The van der Waals surface area contributed by atoms with Crippen molar-refractivity contribution in [3.05, 3.63) is 61.2 Å². The topological polar surface area (TPSA) is 72.0 Å². The van der Waals surface area contributed by atoms with Crippen LogP contribution in [0.15, 0.2) is 61.2 Å². The Morgan fingerprint density at radius 3 is 2.50 bits per heavy atom. The van der Waals surface area contributed by atoms with Crippen molar-refractivity contribution in [3.63, 3.8) is 0 Å². The third-order valence-corrected chi connectivity index (χ3v) is 3.48. The number of aromatic nitrogens is 3. The van der Waals surface area contributed by atoms with Crippen LogP contribution in [0.4, 0.5) is 11.4 Å². The van der Waals surface area contributed by atoms with E-state index < -0.39 is 0 Å². The molecule has 0 spiro atoms. The molecule has 0 bridgehead atoms. The minimum atomic E-state index is 0.589. The molecule has 122 valence electrons. The van der Waals surface area contributed by atoms with Crippen LogP contribution in [0.2, 0.25) is 0 Å². The van der Waals surface area contributed by atoms with Gasteiger partial charge in [-0.2, -0.15) is 0 Å². The zero-order chi connectivity index (χ0) is 16.6. The molecule has 24 heavy (non-hydrogen) atoms. The third-order valence-electron chi connectivity index (χ3n) is 3.48. The lowest BCUT2D eigenvalue weighted by Crippen LogP contribution is -2.14. The van der Waals surface area contributed by atoms with E-state index in [1.165, 1.54) is 0 Å². The quantitative estimate of drug-likeness (QED) is 0.652. The molecule has 0 unspecified atom stereocenters. The first kappa shape index (κ1) is 15.7. The Morgan fingerprint density at radius 1 is 0.917 bits per heavy atom. The number of anilines is 2. The van der Waals surface area contributed by atoms with Crippen molar-refractivity contribution < 1.29 is 4.74 Å². The number of hydrogen-bond acceptors (Lipinski definition) is 6. The van der Waals surface area contributed by atoms with Crippen LogP contribution in [0.1, 0.15) is 0 Å². The summed E-state index contributed by atoms with van der Waals surface area (Å²) in [6.07, 6.45) is 7.08. The van der Waals surface area contributed by atoms with Gasteiger partial charge in [-0.1, -0.05) is 0 Å². The monoisotopic (exact) mass is 321 g/mol. The molecule has 3 aromatic heterocycles. The Labute approximate surface area is 141 Å². The van der Waals surface area contributed by atoms with E-state index in [0.29, 0.717) is 5.88 Å². The fourth-order valence-corrected chi connectivity index (χ4v) is 2.29. The SMILES string of the molecule is COc1ccc(-c2ncccc2NCCNc2ccncc2)cn1. The van der Waals surface area contributed by atoms with Gasteiger partial charge in [-0.15, -0.1) is 0 Å². The summed E-state index contributed by atoms with van der Waals surface area (Å²) in [6, 6.07) is 11.6. The van der Waals surface area contributed by atoms with Crippen LogP contribution in [0, 0.1) is 0 Å². The normalized spacial score (nSPS) is 10.2. The Hall–Kier alpha value is -3.15. The lowest BCUT2D eigenvalue weighted by molar-refractivity contribution is 0.398. The van der Waals surface area contributed by atoms with Gasteiger partial charge in [0.05, 0.1) is 18.5 Å². The van der Waals surface area contributed by atoms with Gasteiger partial charge in [0.1, 0.15) is 0 Å². The van der Waals surface area contributed by atoms with Gasteiger partial charge in [0, 0.05) is 55.2 Å². The highest BCUT2D eigenvalue weighted by molar-refractivity contribution is 5.73. The summed E-state index contributed by atoms with van der Waals surface area (Å²) in [4.78, 5) is 12.7. The van der Waals surface area contributed by atoms with Gasteiger partial charge in [0.25, 0.3) is 0 Å². The fraction of sp³-hybridized carbons (Fsp3) is 0.167. The van der Waals surface area contributed by atoms with Crippen LogP contribution >= 0.6 is 0 Å². The lowest BCUT2D eigenvalue weighted by atomic mass is 10.1. The van der Waals surface area contributed by atoms with E-state index in [9.17, 15) is 0 Å². The van der Waals surface area contributed by atoms with Crippen LogP contribution < -0.4 is 15.4 Å². The van der Waals surface area contributed by atoms with Crippen molar-refractivity contribution in [2.75, 3.05) is 30.8 Å². The average molecular weight is 321 g/mol. The second-order valence-electron chi connectivity index (χ2n) is 5.08. The van der Waals surface area contributed by atoms with E-state index in [4.69, 9.17) is 4.74 Å². The maximum atomic E-state index is 5.10. The molecule has 0 aliphatic heterocycles. The van der Waals surface area contributed by atoms with Crippen molar-refractivity contribution in [1.82, 2.24) is 15.0 Å². The van der Waals surface area contributed by atoms with Crippen LogP contribution in [0.5, 0.6) is 5.88 Å². The molecule has 0 aliphatic carbocycles. The number of nitrogens with one attached hydrogen (secondary N) is 2. The molecule has 0 radical (unpaired) electrons. The summed E-state index contributed by atoms with van der Waals surface area (Å²) < 4.78 is 5.10. The van der Waals surface area contributed by atoms with Crippen molar-refractivity contribution in [2.24, 2.45) is 0 Å². The molecule has 0 aliphatic rings. The Bertz CT molecular complexity index is 762. The van der Waals surface area contributed by atoms with Gasteiger partial charge in [0.15, 0.2) is 0 Å². The molecule has 6 heteroatoms.